The Morgan fingerprint density at radius 1 is 1.30 bits per heavy atom. The van der Waals surface area contributed by atoms with Crippen molar-refractivity contribution in [3.63, 3.8) is 0 Å². The monoisotopic (exact) mass is 319 g/mol. The first kappa shape index (κ1) is 16.4. The summed E-state index contributed by atoms with van der Waals surface area (Å²) in [4.78, 5) is 22.8. The lowest BCUT2D eigenvalue weighted by Crippen LogP contribution is -2.31. The predicted molar refractivity (Wildman–Crippen MR) is 80.7 cm³/mol. The molecule has 7 heteroatoms. The number of carboxylic acid groups (broad SMARTS) is 1. The zero-order valence-corrected chi connectivity index (χ0v) is 12.7. The highest BCUT2D eigenvalue weighted by atomic mass is 16.5. The van der Waals surface area contributed by atoms with Crippen molar-refractivity contribution in [3.8, 4) is 11.5 Å². The molecule has 0 spiro atoms. The maximum absolute atomic E-state index is 11.9. The molecule has 0 unspecified atom stereocenters. The zero-order valence-electron chi connectivity index (χ0n) is 12.7. The van der Waals surface area contributed by atoms with Gasteiger partial charge in [-0.3, -0.25) is 4.79 Å². The molecule has 0 bridgehead atoms. The van der Waals surface area contributed by atoms with Crippen molar-refractivity contribution in [1.29, 1.82) is 0 Å². The topological polar surface area (TPSA) is 98.0 Å². The Kier molecular flexibility index (Phi) is 5.24. The summed E-state index contributed by atoms with van der Waals surface area (Å²) in [5.41, 5.74) is 0.0742. The highest BCUT2D eigenvalue weighted by molar-refractivity contribution is 5.88. The molecule has 1 aromatic carbocycles. The smallest absolute Gasteiger partial charge is 0.335 e. The van der Waals surface area contributed by atoms with Gasteiger partial charge in [-0.1, -0.05) is 0 Å². The summed E-state index contributed by atoms with van der Waals surface area (Å²) in [5, 5.41) is 11.7. The second kappa shape index (κ2) is 7.35. The molecule has 2 aromatic rings. The molecule has 1 amide bonds. The molecule has 0 saturated heterocycles. The molecule has 2 rings (SSSR count). The van der Waals surface area contributed by atoms with Crippen molar-refractivity contribution in [3.05, 3.63) is 47.9 Å². The number of carbonyl (C=O) groups excluding carboxylic acids is 1. The second-order valence-corrected chi connectivity index (χ2v) is 4.76. The number of benzene rings is 1. The minimum Gasteiger partial charge on any atom is -0.493 e. The van der Waals surface area contributed by atoms with Gasteiger partial charge in [0.05, 0.1) is 25.0 Å². The van der Waals surface area contributed by atoms with E-state index in [1.54, 1.807) is 19.1 Å². The number of rotatable bonds is 7. The van der Waals surface area contributed by atoms with E-state index in [1.165, 1.54) is 31.6 Å². The minimum atomic E-state index is -1.07. The molecule has 0 fully saturated rings. The Bertz CT molecular complexity index is 680. The third-order valence-corrected chi connectivity index (χ3v) is 3.12. The van der Waals surface area contributed by atoms with E-state index in [0.717, 1.165) is 0 Å². The van der Waals surface area contributed by atoms with E-state index in [9.17, 15) is 9.59 Å². The van der Waals surface area contributed by atoms with Gasteiger partial charge in [0, 0.05) is 0 Å². The number of hydrogen-bond donors (Lipinski definition) is 2. The van der Waals surface area contributed by atoms with E-state index in [4.69, 9.17) is 19.0 Å². The molecule has 0 saturated carbocycles. The van der Waals surface area contributed by atoms with Gasteiger partial charge in [0.25, 0.3) is 5.91 Å². The fraction of sp³-hybridized carbons (Fsp3) is 0.250. The van der Waals surface area contributed by atoms with Crippen LogP contribution < -0.4 is 14.8 Å². The van der Waals surface area contributed by atoms with Crippen LogP contribution in [0.4, 0.5) is 0 Å². The van der Waals surface area contributed by atoms with E-state index >= 15 is 0 Å². The lowest BCUT2D eigenvalue weighted by atomic mass is 10.2. The Hall–Kier alpha value is -2.96. The molecule has 1 atom stereocenters. The van der Waals surface area contributed by atoms with Gasteiger partial charge in [0.1, 0.15) is 5.76 Å². The quantitative estimate of drug-likeness (QED) is 0.812. The standard InChI is InChI=1S/C16H17NO6/c1-10(12-4-3-7-22-12)17-15(18)9-23-13-6-5-11(16(19)20)8-14(13)21-2/h3-8,10H,9H2,1-2H3,(H,17,18)(H,19,20)/t10-/m1/s1. The first-order chi connectivity index (χ1) is 11.0. The van der Waals surface area contributed by atoms with E-state index in [2.05, 4.69) is 5.32 Å². The van der Waals surface area contributed by atoms with Gasteiger partial charge in [-0.25, -0.2) is 4.79 Å². The van der Waals surface area contributed by atoms with E-state index in [1.807, 2.05) is 0 Å². The Morgan fingerprint density at radius 2 is 2.09 bits per heavy atom. The van der Waals surface area contributed by atoms with Crippen molar-refractivity contribution >= 4 is 11.9 Å². The number of furan rings is 1. The van der Waals surface area contributed by atoms with Crippen LogP contribution in [0, 0.1) is 0 Å². The van der Waals surface area contributed by atoms with Crippen molar-refractivity contribution < 1.29 is 28.6 Å². The summed E-state index contributed by atoms with van der Waals surface area (Å²) in [6, 6.07) is 7.39. The SMILES string of the molecule is COc1cc(C(=O)O)ccc1OCC(=O)N[C@H](C)c1ccco1. The predicted octanol–water partition coefficient (Wildman–Crippen LogP) is 2.24. The Balaban J connectivity index is 1.95. The van der Waals surface area contributed by atoms with Gasteiger partial charge in [-0.15, -0.1) is 0 Å². The summed E-state index contributed by atoms with van der Waals surface area (Å²) in [5.74, 6) is -0.227. The van der Waals surface area contributed by atoms with Crippen LogP contribution in [-0.2, 0) is 4.79 Å². The molecule has 0 radical (unpaired) electrons. The van der Waals surface area contributed by atoms with Crippen molar-refractivity contribution in [1.82, 2.24) is 5.32 Å². The van der Waals surface area contributed by atoms with Gasteiger partial charge >= 0.3 is 5.97 Å². The van der Waals surface area contributed by atoms with Gasteiger partial charge in [-0.05, 0) is 37.3 Å². The number of amides is 1. The molecule has 1 aromatic heterocycles. The van der Waals surface area contributed by atoms with Crippen molar-refractivity contribution in [2.75, 3.05) is 13.7 Å². The summed E-state index contributed by atoms with van der Waals surface area (Å²) in [6.07, 6.45) is 1.53. The third kappa shape index (κ3) is 4.26. The third-order valence-electron chi connectivity index (χ3n) is 3.12. The van der Waals surface area contributed by atoms with Crippen molar-refractivity contribution in [2.24, 2.45) is 0 Å². The first-order valence-electron chi connectivity index (χ1n) is 6.88. The van der Waals surface area contributed by atoms with Crippen LogP contribution in [0.2, 0.25) is 0 Å². The summed E-state index contributed by atoms with van der Waals surface area (Å²) in [6.45, 7) is 1.56. The molecule has 122 valence electrons. The number of aromatic carboxylic acids is 1. The largest absolute Gasteiger partial charge is 0.493 e. The molecule has 7 nitrogen and oxygen atoms in total. The van der Waals surface area contributed by atoms with Gasteiger partial charge < -0.3 is 24.3 Å². The number of carbonyl (C=O) groups is 2. The van der Waals surface area contributed by atoms with Crippen LogP contribution in [0.25, 0.3) is 0 Å². The zero-order chi connectivity index (χ0) is 16.8. The molecular weight excluding hydrogens is 302 g/mol. The highest BCUT2D eigenvalue weighted by Crippen LogP contribution is 2.28. The lowest BCUT2D eigenvalue weighted by Gasteiger charge is -2.13. The van der Waals surface area contributed by atoms with Crippen LogP contribution in [0.5, 0.6) is 11.5 Å². The van der Waals surface area contributed by atoms with Gasteiger partial charge in [-0.2, -0.15) is 0 Å². The average Bonchev–Trinajstić information content (AvgIpc) is 3.07. The van der Waals surface area contributed by atoms with Crippen molar-refractivity contribution in [2.45, 2.75) is 13.0 Å². The average molecular weight is 319 g/mol. The van der Waals surface area contributed by atoms with E-state index in [0.29, 0.717) is 11.5 Å². The van der Waals surface area contributed by atoms with E-state index < -0.39 is 5.97 Å². The normalized spacial score (nSPS) is 11.6. The number of hydrogen-bond acceptors (Lipinski definition) is 5. The van der Waals surface area contributed by atoms with Gasteiger partial charge in [0.2, 0.25) is 0 Å². The summed E-state index contributed by atoms with van der Waals surface area (Å²) >= 11 is 0. The molecule has 2 N–H and O–H groups in total. The molecular formula is C16H17NO6. The summed E-state index contributed by atoms with van der Waals surface area (Å²) in [7, 11) is 1.40. The Morgan fingerprint density at radius 3 is 2.70 bits per heavy atom. The van der Waals surface area contributed by atoms with Crippen LogP contribution in [0.15, 0.2) is 41.0 Å². The van der Waals surface area contributed by atoms with Gasteiger partial charge in [0.15, 0.2) is 18.1 Å². The number of carboxylic acids is 1. The van der Waals surface area contributed by atoms with E-state index in [-0.39, 0.29) is 29.9 Å². The molecule has 0 aliphatic carbocycles. The molecule has 23 heavy (non-hydrogen) atoms. The molecule has 0 aliphatic heterocycles. The first-order valence-corrected chi connectivity index (χ1v) is 6.88. The number of methoxy groups -OCH3 is 1. The molecule has 1 heterocycles. The van der Waals surface area contributed by atoms with Crippen LogP contribution in [-0.4, -0.2) is 30.7 Å². The number of ether oxygens (including phenoxy) is 2. The fourth-order valence-corrected chi connectivity index (χ4v) is 1.96. The molecule has 0 aliphatic rings. The number of nitrogens with one attached hydrogen (secondary N) is 1. The minimum absolute atomic E-state index is 0.0742. The lowest BCUT2D eigenvalue weighted by molar-refractivity contribution is -0.123. The second-order valence-electron chi connectivity index (χ2n) is 4.76. The van der Waals surface area contributed by atoms with Crippen LogP contribution in [0.3, 0.4) is 0 Å². The maximum atomic E-state index is 11.9. The summed E-state index contributed by atoms with van der Waals surface area (Å²) < 4.78 is 15.7. The maximum Gasteiger partial charge on any atom is 0.335 e. The fourth-order valence-electron chi connectivity index (χ4n) is 1.96. The van der Waals surface area contributed by atoms with Crippen LogP contribution in [0.1, 0.15) is 29.1 Å². The van der Waals surface area contributed by atoms with Crippen LogP contribution >= 0.6 is 0 Å². The Labute approximate surface area is 132 Å². The highest BCUT2D eigenvalue weighted by Gasteiger charge is 2.14.